The van der Waals surface area contributed by atoms with Crippen LogP contribution in [0.3, 0.4) is 0 Å². The van der Waals surface area contributed by atoms with Crippen molar-refractivity contribution in [3.05, 3.63) is 94.5 Å². The van der Waals surface area contributed by atoms with Crippen LogP contribution in [0.2, 0.25) is 5.02 Å². The SMILES string of the molecule is CN1C(=O)[C@H]([C@]2(O)C(=O)N(Cc3ccccc3)c3ccccc32)c2cc(Cl)ccc21. The Bertz CT molecular complexity index is 1180. The molecule has 30 heavy (non-hydrogen) atoms. The lowest BCUT2D eigenvalue weighted by Gasteiger charge is -2.28. The van der Waals surface area contributed by atoms with Gasteiger partial charge in [0.05, 0.1) is 12.2 Å². The molecular formula is C24H19ClN2O3. The van der Waals surface area contributed by atoms with E-state index in [1.54, 1.807) is 48.3 Å². The second kappa shape index (κ2) is 6.69. The number of likely N-dealkylation sites (N-methyl/N-ethyl adjacent to an activating group) is 1. The summed E-state index contributed by atoms with van der Waals surface area (Å²) in [6, 6.07) is 21.8. The Balaban J connectivity index is 1.67. The number of nitrogens with zero attached hydrogens (tertiary/aromatic N) is 2. The number of halogens is 1. The Morgan fingerprint density at radius 1 is 0.967 bits per heavy atom. The van der Waals surface area contributed by atoms with Crippen LogP contribution >= 0.6 is 11.6 Å². The Kier molecular flexibility index (Phi) is 4.20. The molecule has 3 aromatic rings. The van der Waals surface area contributed by atoms with Gasteiger partial charge in [-0.05, 0) is 35.4 Å². The van der Waals surface area contributed by atoms with Crippen LogP contribution in [-0.4, -0.2) is 24.0 Å². The molecule has 2 heterocycles. The molecule has 5 rings (SSSR count). The van der Waals surface area contributed by atoms with Gasteiger partial charge in [0.15, 0.2) is 5.60 Å². The maximum Gasteiger partial charge on any atom is 0.265 e. The largest absolute Gasteiger partial charge is 0.374 e. The quantitative estimate of drug-likeness (QED) is 0.703. The molecule has 2 amide bonds. The Hall–Kier alpha value is -3.15. The molecule has 0 saturated heterocycles. The van der Waals surface area contributed by atoms with Crippen molar-refractivity contribution in [1.82, 2.24) is 0 Å². The average Bonchev–Trinajstić information content (AvgIpc) is 3.12. The molecule has 0 unspecified atom stereocenters. The first-order chi connectivity index (χ1) is 14.4. The fourth-order valence-corrected chi connectivity index (χ4v) is 4.76. The molecule has 150 valence electrons. The summed E-state index contributed by atoms with van der Waals surface area (Å²) in [4.78, 5) is 30.0. The summed E-state index contributed by atoms with van der Waals surface area (Å²) in [5, 5.41) is 12.4. The van der Waals surface area contributed by atoms with Crippen LogP contribution in [0, 0.1) is 0 Å². The van der Waals surface area contributed by atoms with Crippen LogP contribution in [0.4, 0.5) is 11.4 Å². The minimum absolute atomic E-state index is 0.304. The topological polar surface area (TPSA) is 60.9 Å². The van der Waals surface area contributed by atoms with Gasteiger partial charge in [0.1, 0.15) is 5.92 Å². The van der Waals surface area contributed by atoms with Crippen molar-refractivity contribution in [2.75, 3.05) is 16.8 Å². The van der Waals surface area contributed by atoms with Gasteiger partial charge in [-0.25, -0.2) is 0 Å². The lowest BCUT2D eigenvalue weighted by molar-refractivity contribution is -0.144. The number of para-hydroxylation sites is 1. The van der Waals surface area contributed by atoms with Crippen LogP contribution in [0.1, 0.15) is 22.6 Å². The third kappa shape index (κ3) is 2.52. The molecule has 0 radical (unpaired) electrons. The van der Waals surface area contributed by atoms with Crippen molar-refractivity contribution < 1.29 is 14.7 Å². The third-order valence-electron chi connectivity index (χ3n) is 6.02. The van der Waals surface area contributed by atoms with Gasteiger partial charge in [-0.1, -0.05) is 60.1 Å². The van der Waals surface area contributed by atoms with Crippen molar-refractivity contribution in [2.24, 2.45) is 0 Å². The monoisotopic (exact) mass is 418 g/mol. The van der Waals surface area contributed by atoms with Gasteiger partial charge < -0.3 is 14.9 Å². The zero-order chi connectivity index (χ0) is 21.0. The van der Waals surface area contributed by atoms with Gasteiger partial charge in [-0.2, -0.15) is 0 Å². The lowest BCUT2D eigenvalue weighted by atomic mass is 9.78. The number of hydrogen-bond donors (Lipinski definition) is 1. The zero-order valence-electron chi connectivity index (χ0n) is 16.2. The van der Waals surface area contributed by atoms with E-state index in [1.165, 1.54) is 4.90 Å². The molecule has 1 N–H and O–H groups in total. The molecule has 5 nitrogen and oxygen atoms in total. The highest BCUT2D eigenvalue weighted by molar-refractivity contribution is 6.31. The fraction of sp³-hybridized carbons (Fsp3) is 0.167. The van der Waals surface area contributed by atoms with Crippen molar-refractivity contribution in [1.29, 1.82) is 0 Å². The van der Waals surface area contributed by atoms with E-state index in [2.05, 4.69) is 0 Å². The normalized spacial score (nSPS) is 22.4. The van der Waals surface area contributed by atoms with E-state index in [9.17, 15) is 14.7 Å². The third-order valence-corrected chi connectivity index (χ3v) is 6.25. The van der Waals surface area contributed by atoms with Gasteiger partial charge >= 0.3 is 0 Å². The van der Waals surface area contributed by atoms with Crippen molar-refractivity contribution in [3.63, 3.8) is 0 Å². The Morgan fingerprint density at radius 3 is 2.43 bits per heavy atom. The van der Waals surface area contributed by atoms with E-state index in [0.29, 0.717) is 34.1 Å². The maximum absolute atomic E-state index is 13.7. The summed E-state index contributed by atoms with van der Waals surface area (Å²) >= 11 is 6.20. The van der Waals surface area contributed by atoms with E-state index in [0.717, 1.165) is 5.56 Å². The molecule has 6 heteroatoms. The molecule has 2 atom stereocenters. The molecule has 3 aromatic carbocycles. The molecular weight excluding hydrogens is 400 g/mol. The van der Waals surface area contributed by atoms with Crippen LogP contribution in [0.25, 0.3) is 0 Å². The van der Waals surface area contributed by atoms with E-state index in [-0.39, 0.29) is 5.91 Å². The molecule has 0 aromatic heterocycles. The first-order valence-corrected chi connectivity index (χ1v) is 10.1. The zero-order valence-corrected chi connectivity index (χ0v) is 17.0. The summed E-state index contributed by atoms with van der Waals surface area (Å²) in [6.07, 6.45) is 0. The van der Waals surface area contributed by atoms with Gasteiger partial charge in [0, 0.05) is 23.3 Å². The highest BCUT2D eigenvalue weighted by atomic mass is 35.5. The number of carbonyl (C=O) groups is 2. The average molecular weight is 419 g/mol. The summed E-state index contributed by atoms with van der Waals surface area (Å²) in [7, 11) is 1.64. The molecule has 0 saturated carbocycles. The van der Waals surface area contributed by atoms with E-state index in [1.807, 2.05) is 36.4 Å². The molecule has 2 aliphatic heterocycles. The van der Waals surface area contributed by atoms with Gasteiger partial charge in [-0.15, -0.1) is 0 Å². The van der Waals surface area contributed by atoms with Crippen LogP contribution < -0.4 is 9.80 Å². The second-order valence-electron chi connectivity index (χ2n) is 7.69. The molecule has 0 fully saturated rings. The van der Waals surface area contributed by atoms with Gasteiger partial charge in [0.25, 0.3) is 5.91 Å². The number of anilines is 2. The smallest absolute Gasteiger partial charge is 0.265 e. The summed E-state index contributed by atoms with van der Waals surface area (Å²) in [6.45, 7) is 0.304. The minimum Gasteiger partial charge on any atom is -0.374 e. The highest BCUT2D eigenvalue weighted by Crippen LogP contribution is 2.53. The van der Waals surface area contributed by atoms with Crippen LogP contribution in [0.15, 0.2) is 72.8 Å². The first kappa shape index (κ1) is 18.9. The van der Waals surface area contributed by atoms with Gasteiger partial charge in [0.2, 0.25) is 5.91 Å². The molecule has 0 spiro atoms. The summed E-state index contributed by atoms with van der Waals surface area (Å²) in [5.74, 6) is -1.91. The van der Waals surface area contributed by atoms with E-state index in [4.69, 9.17) is 11.6 Å². The predicted octanol–water partition coefficient (Wildman–Crippen LogP) is 3.83. The van der Waals surface area contributed by atoms with Crippen LogP contribution in [-0.2, 0) is 21.7 Å². The molecule has 0 aliphatic carbocycles. The lowest BCUT2D eigenvalue weighted by Crippen LogP contribution is -2.47. The maximum atomic E-state index is 13.7. The summed E-state index contributed by atoms with van der Waals surface area (Å²) < 4.78 is 0. The Labute approximate surface area is 179 Å². The number of benzene rings is 3. The second-order valence-corrected chi connectivity index (χ2v) is 8.13. The molecule has 2 aliphatic rings. The Morgan fingerprint density at radius 2 is 1.67 bits per heavy atom. The summed E-state index contributed by atoms with van der Waals surface area (Å²) in [5.41, 5.74) is 1.18. The number of hydrogen-bond acceptors (Lipinski definition) is 3. The van der Waals surface area contributed by atoms with Crippen molar-refractivity contribution in [3.8, 4) is 0 Å². The first-order valence-electron chi connectivity index (χ1n) is 9.67. The van der Waals surface area contributed by atoms with Crippen LogP contribution in [0.5, 0.6) is 0 Å². The fourth-order valence-electron chi connectivity index (χ4n) is 4.57. The molecule has 0 bridgehead atoms. The minimum atomic E-state index is -2.01. The van der Waals surface area contributed by atoms with Crippen molar-refractivity contribution in [2.45, 2.75) is 18.1 Å². The van der Waals surface area contributed by atoms with Crippen molar-refractivity contribution >= 4 is 34.8 Å². The van der Waals surface area contributed by atoms with Gasteiger partial charge in [-0.3, -0.25) is 9.59 Å². The number of aliphatic hydroxyl groups is 1. The number of carbonyl (C=O) groups excluding carboxylic acids is 2. The number of fused-ring (bicyclic) bond motifs is 2. The number of rotatable bonds is 3. The van der Waals surface area contributed by atoms with E-state index >= 15 is 0 Å². The predicted molar refractivity (Wildman–Crippen MR) is 116 cm³/mol. The standard InChI is InChI=1S/C24H19ClN2O3/c1-26-19-12-11-16(25)13-17(19)21(22(26)28)24(30)18-9-5-6-10-20(18)27(23(24)29)14-15-7-3-2-4-8-15/h2-13,21,30H,14H2,1H3/t21-,24+/m1/s1. The van der Waals surface area contributed by atoms with E-state index < -0.39 is 17.4 Å². The number of amides is 2. The highest BCUT2D eigenvalue weighted by Gasteiger charge is 2.60.